The van der Waals surface area contributed by atoms with Crippen LogP contribution in [0.15, 0.2) is 72.8 Å². The van der Waals surface area contributed by atoms with Gasteiger partial charge in [0, 0.05) is 84.7 Å². The first-order chi connectivity index (χ1) is 35.3. The van der Waals surface area contributed by atoms with Crippen molar-refractivity contribution < 1.29 is 71.1 Å². The van der Waals surface area contributed by atoms with Gasteiger partial charge in [0.05, 0.1) is 48.5 Å². The maximum atomic E-state index is 14.5. The predicted octanol–water partition coefficient (Wildman–Crippen LogP) is 8.98. The van der Waals surface area contributed by atoms with Gasteiger partial charge in [-0.15, -0.1) is 0 Å². The maximum Gasteiger partial charge on any atom is 0.323 e. The fourth-order valence-electron chi connectivity index (χ4n) is 12.1. The van der Waals surface area contributed by atoms with Gasteiger partial charge in [0.15, 0.2) is 19.9 Å². The summed E-state index contributed by atoms with van der Waals surface area (Å²) in [4.78, 5) is 66.7. The minimum absolute atomic E-state index is 0.0256. The van der Waals surface area contributed by atoms with Gasteiger partial charge in [-0.2, -0.15) is 0 Å². The van der Waals surface area contributed by atoms with Crippen molar-refractivity contribution in [2.75, 3.05) is 7.11 Å². The molecule has 422 valence electrons. The molecule has 0 aliphatic carbocycles. The van der Waals surface area contributed by atoms with E-state index in [1.54, 1.807) is 21.0 Å². The number of methoxy groups -OCH3 is 1. The fourth-order valence-corrected chi connectivity index (χ4v) is 17.8. The lowest BCUT2D eigenvalue weighted by molar-refractivity contribution is -0.349. The molecular formula is C59H88O15Si2. The summed E-state index contributed by atoms with van der Waals surface area (Å²) in [5, 5.41) is 13.3. The van der Waals surface area contributed by atoms with Gasteiger partial charge < -0.3 is 51.9 Å². The van der Waals surface area contributed by atoms with E-state index in [0.717, 1.165) is 16.7 Å². The lowest BCUT2D eigenvalue weighted by Gasteiger charge is -2.52. The van der Waals surface area contributed by atoms with Gasteiger partial charge in [0.2, 0.25) is 0 Å². The quantitative estimate of drug-likeness (QED) is 0.0607. The number of carbonyl (C=O) groups excluding carboxylic acids is 5. The number of ketones is 1. The summed E-state index contributed by atoms with van der Waals surface area (Å²) in [5.41, 5.74) is -0.720. The van der Waals surface area contributed by atoms with Crippen LogP contribution in [-0.2, 0) is 66.0 Å². The first-order valence-electron chi connectivity index (χ1n) is 27.3. The minimum Gasteiger partial charge on any atom is -0.509 e. The van der Waals surface area contributed by atoms with Gasteiger partial charge in [0.1, 0.15) is 30.4 Å². The van der Waals surface area contributed by atoms with Crippen LogP contribution < -0.4 is 10.4 Å². The number of aldehydes is 1. The Hall–Kier alpha value is -3.92. The summed E-state index contributed by atoms with van der Waals surface area (Å²) < 4.78 is 58.2. The minimum atomic E-state index is -3.28. The lowest BCUT2D eigenvalue weighted by atomic mass is 9.78. The molecule has 0 bridgehead atoms. The third-order valence-corrected chi connectivity index (χ3v) is 26.0. The maximum absolute atomic E-state index is 14.5. The van der Waals surface area contributed by atoms with Crippen molar-refractivity contribution in [1.82, 2.24) is 0 Å². The van der Waals surface area contributed by atoms with Crippen LogP contribution in [0.2, 0.25) is 23.2 Å². The monoisotopic (exact) mass is 1090 g/mol. The van der Waals surface area contributed by atoms with Crippen LogP contribution in [0.5, 0.6) is 0 Å². The SMILES string of the molecule is C=C(C[C@H]1C[C@](C)(O)C[C@@]2(C[C@@H](OC(C)=O)C[C@H](CC(=O)O[Si](c3ccccc3)(c3ccccc3)C(C)(C)C)O2)O1)[C@@H](C)[C@H](OC(C)=O)[C@H](C)C(=O)C[C@@H]1C[C@H](OC)C[C@@]2(C[C@@H](O[Si](C)(C)C(C)(C)C)C[C@H](C=O)O2)O1. The number of carbonyl (C=O) groups is 5. The first-order valence-corrected chi connectivity index (χ1v) is 32.1. The van der Waals surface area contributed by atoms with Crippen molar-refractivity contribution in [3.8, 4) is 0 Å². The molecular weight excluding hydrogens is 1000 g/mol. The predicted molar refractivity (Wildman–Crippen MR) is 293 cm³/mol. The molecule has 4 aliphatic rings. The zero-order valence-corrected chi connectivity index (χ0v) is 49.8. The van der Waals surface area contributed by atoms with Gasteiger partial charge in [-0.3, -0.25) is 19.2 Å². The van der Waals surface area contributed by atoms with E-state index in [1.165, 1.54) is 13.8 Å². The highest BCUT2D eigenvalue weighted by Gasteiger charge is 2.57. The number of esters is 2. The van der Waals surface area contributed by atoms with E-state index >= 15 is 0 Å². The Kier molecular flexibility index (Phi) is 19.5. The smallest absolute Gasteiger partial charge is 0.323 e. The molecule has 4 heterocycles. The second-order valence-electron chi connectivity index (χ2n) is 25.1. The third kappa shape index (κ3) is 14.8. The Morgan fingerprint density at radius 3 is 1.80 bits per heavy atom. The van der Waals surface area contributed by atoms with Gasteiger partial charge in [-0.25, -0.2) is 0 Å². The highest BCUT2D eigenvalue weighted by atomic mass is 28.4. The molecule has 4 saturated heterocycles. The van der Waals surface area contributed by atoms with Crippen LogP contribution in [0.25, 0.3) is 0 Å². The van der Waals surface area contributed by atoms with E-state index in [0.29, 0.717) is 31.3 Å². The Bertz CT molecular complexity index is 2310. The number of aliphatic hydroxyl groups is 1. The summed E-state index contributed by atoms with van der Waals surface area (Å²) in [6.45, 7) is 29.5. The van der Waals surface area contributed by atoms with E-state index in [-0.39, 0.29) is 68.0 Å². The summed E-state index contributed by atoms with van der Waals surface area (Å²) >= 11 is 0. The van der Waals surface area contributed by atoms with Crippen molar-refractivity contribution in [2.24, 2.45) is 11.8 Å². The number of hydrogen-bond donors (Lipinski definition) is 1. The van der Waals surface area contributed by atoms with Crippen molar-refractivity contribution in [3.05, 3.63) is 72.8 Å². The van der Waals surface area contributed by atoms with Crippen molar-refractivity contribution in [1.29, 1.82) is 0 Å². The molecule has 13 atom stereocenters. The second-order valence-corrected chi connectivity index (χ2v) is 34.1. The summed E-state index contributed by atoms with van der Waals surface area (Å²) in [5.74, 6) is -5.80. The molecule has 0 aromatic heterocycles. The highest BCUT2D eigenvalue weighted by molar-refractivity contribution is 7.00. The number of ether oxygens (including phenoxy) is 7. The Balaban J connectivity index is 1.18. The van der Waals surface area contributed by atoms with Crippen LogP contribution >= 0.6 is 0 Å². The standard InChI is InChI=1S/C59H88O15Si2/c1-38(39(2)54(68-42(5)62)40(3)52(63)30-43-27-45(66-13)33-58(69-43)35-48(29-49(36-60)72-58)73-75(14,15)55(6,7)8)26-47-32-57(12,65)37-59(71-47)34-46(67-41(4)61)28-44(70-59)31-53(64)74-76(56(9,10)11,50-22-18-16-19-23-50)51-24-20-17-21-25-51/h16-25,36,39-40,43-49,54,65H,1,26-35,37H2,2-15H3/t39-,40-,43+,44-,45+,46+,47+,48+,49-,54+,57+,58-,59-/m1/s1. The van der Waals surface area contributed by atoms with E-state index in [9.17, 15) is 29.1 Å². The number of rotatable bonds is 19. The second kappa shape index (κ2) is 24.2. The van der Waals surface area contributed by atoms with E-state index in [4.69, 9.17) is 42.0 Å². The molecule has 1 N–H and O–H groups in total. The molecule has 76 heavy (non-hydrogen) atoms. The van der Waals surface area contributed by atoms with Crippen LogP contribution in [0.4, 0.5) is 0 Å². The van der Waals surface area contributed by atoms with Crippen molar-refractivity contribution in [2.45, 2.75) is 236 Å². The van der Waals surface area contributed by atoms with E-state index in [2.05, 4.69) is 61.2 Å². The molecule has 4 fully saturated rings. The Morgan fingerprint density at radius 2 is 1.26 bits per heavy atom. The molecule has 0 unspecified atom stereocenters. The molecule has 0 saturated carbocycles. The van der Waals surface area contributed by atoms with Gasteiger partial charge in [0.25, 0.3) is 5.97 Å². The van der Waals surface area contributed by atoms with E-state index in [1.807, 2.05) is 67.6 Å². The third-order valence-electron chi connectivity index (χ3n) is 16.5. The van der Waals surface area contributed by atoms with Gasteiger partial charge in [-0.05, 0) is 46.9 Å². The van der Waals surface area contributed by atoms with Crippen molar-refractivity contribution >= 4 is 57.0 Å². The Labute approximate surface area is 454 Å². The number of hydrogen-bond acceptors (Lipinski definition) is 15. The van der Waals surface area contributed by atoms with Crippen LogP contribution in [0, 0.1) is 11.8 Å². The molecule has 2 aromatic rings. The summed E-state index contributed by atoms with van der Waals surface area (Å²) in [6, 6.07) is 19.7. The molecule has 15 nitrogen and oxygen atoms in total. The zero-order chi connectivity index (χ0) is 56.2. The first kappa shape index (κ1) is 61.3. The lowest BCUT2D eigenvalue weighted by Crippen LogP contribution is -2.67. The number of benzene rings is 2. The Morgan fingerprint density at radius 1 is 0.724 bits per heavy atom. The summed E-state index contributed by atoms with van der Waals surface area (Å²) in [7, 11) is -3.91. The molecule has 4 aliphatic heterocycles. The molecule has 0 amide bonds. The molecule has 17 heteroatoms. The average Bonchev–Trinajstić information content (AvgIpc) is 3.30. The van der Waals surface area contributed by atoms with Crippen LogP contribution in [0.3, 0.4) is 0 Å². The zero-order valence-electron chi connectivity index (χ0n) is 47.8. The van der Waals surface area contributed by atoms with Gasteiger partial charge in [-0.1, -0.05) is 128 Å². The molecule has 2 aromatic carbocycles. The molecule has 0 radical (unpaired) electrons. The van der Waals surface area contributed by atoms with Gasteiger partial charge >= 0.3 is 20.3 Å². The summed E-state index contributed by atoms with van der Waals surface area (Å²) in [6.07, 6.45) is -2.30. The van der Waals surface area contributed by atoms with E-state index < -0.39 is 105 Å². The highest BCUT2D eigenvalue weighted by Crippen LogP contribution is 2.48. The molecule has 2 spiro atoms. The van der Waals surface area contributed by atoms with Crippen LogP contribution in [0.1, 0.15) is 147 Å². The van der Waals surface area contributed by atoms with Crippen LogP contribution in [-0.4, -0.2) is 125 Å². The van der Waals surface area contributed by atoms with Crippen molar-refractivity contribution in [3.63, 3.8) is 0 Å². The fraction of sp³-hybridized carbons (Fsp3) is 0.678. The average molecular weight is 1090 g/mol. The molecule has 6 rings (SSSR count). The normalized spacial score (nSPS) is 30.6. The topological polar surface area (TPSA) is 189 Å². The number of Topliss-reactive ketones (excluding diaryl/α,β-unsaturated/α-hetero) is 1. The largest absolute Gasteiger partial charge is 0.509 e.